The van der Waals surface area contributed by atoms with Crippen LogP contribution in [-0.4, -0.2) is 622 Å². The van der Waals surface area contributed by atoms with Crippen LogP contribution in [0.1, 0.15) is 48.5 Å². The maximum Gasteiger partial charge on any atom is 0.217 e. The van der Waals surface area contributed by atoms with E-state index in [2.05, 4.69) is 26.6 Å². The van der Waals surface area contributed by atoms with Crippen LogP contribution in [0.15, 0.2) is 0 Å². The third-order valence-corrected chi connectivity index (χ3v) is 27.0. The number of carbonyl (C=O) groups is 5. The Kier molecular flexibility index (Phi) is 42.8. The molecule has 5 amide bonds. The van der Waals surface area contributed by atoms with E-state index in [1.807, 2.05) is 0 Å². The van der Waals surface area contributed by atoms with Crippen LogP contribution in [0, 0.1) is 0 Å². The standard InChI is InChI=1S/C82H137N5O59/c1-18-40(101)53(114)58(119)76(126-18)124-17-34-65(49(110)35(71(123)128-34)83-20(3)96)138-73-37(85-22(5)98)50(111)63(31(14-94)134-73)140-79-61(122)66(47(108)33(137-79)16-125-80-68(56(117)44(105)27(10-90)131-80)144-74-38(86-23(6)99)51(112)62(30(13-93)135-74)139-78-60(121)55(116)43(104)26(9-89)130-78)142-81-69(57(118)45(106)28(11-91)132-81)145-75-39(87-24(7)100)52(113)64(32(15-95)136-75)141-82-70(146-77-59(120)54(115)41(102)19(2)127-77)67(46(107)29(12-92)133-82)143-72-36(84-21(4)97)48(109)42(103)25(8-88)129-72/h18-19,25-82,88-95,101-123H,8-17H2,1-7H3,(H,83,96)(H,84,97)(H,85,98)(H,86,99)(H,87,100)/t18-,19-,25-,26-,27-,28-,29-,30-,31-,32-,33-,34-,35-,36-,37-,38-,39+,40+,41+,42+,43+,44-,45-,46+,47-,48-,49-,50-,51-,52-,53+,54+,55+,56+,57+,58-,59-,60-,61+,62-,63-,64-,65-,66+,67+,68+,69+,70-,71-,72-,73+,74+,75+,76+,77-,78+,79+,80+,81-,82+/m1/s1. The summed E-state index contributed by atoms with van der Waals surface area (Å²) in [6.45, 7) is -4.60. The van der Waals surface area contributed by atoms with Gasteiger partial charge in [0.25, 0.3) is 0 Å². The van der Waals surface area contributed by atoms with Crippen molar-refractivity contribution in [1.82, 2.24) is 26.6 Å². The Labute approximate surface area is 827 Å². The average molecular weight is 2140 g/mol. The lowest BCUT2D eigenvalue weighted by molar-refractivity contribution is -0.406. The molecule has 0 saturated carbocycles. The van der Waals surface area contributed by atoms with Gasteiger partial charge in [-0.25, -0.2) is 0 Å². The molecular weight excluding hydrogens is 2000 g/mol. The van der Waals surface area contributed by atoms with Crippen LogP contribution in [0.25, 0.3) is 0 Å². The molecule has 12 rings (SSSR count). The largest absolute Gasteiger partial charge is 0.394 e. The summed E-state index contributed by atoms with van der Waals surface area (Å²) in [4.78, 5) is 65.3. The highest BCUT2D eigenvalue weighted by atomic mass is 16.8. The fraction of sp³-hybridized carbons (Fsp3) is 0.939. The molecular formula is C82H137N5O59. The zero-order chi connectivity index (χ0) is 107. The summed E-state index contributed by atoms with van der Waals surface area (Å²) in [6, 6.07) is -9.87. The molecule has 60 atom stereocenters. The second-order valence-electron chi connectivity index (χ2n) is 37.3. The number of aliphatic hydroxyl groups is 31. The van der Waals surface area contributed by atoms with Gasteiger partial charge >= 0.3 is 0 Å². The summed E-state index contributed by atoms with van der Waals surface area (Å²) in [6.07, 6.45) is -117. The van der Waals surface area contributed by atoms with Gasteiger partial charge in [-0.2, -0.15) is 0 Å². The molecule has 0 unspecified atom stereocenters. The van der Waals surface area contributed by atoms with Crippen molar-refractivity contribution < 1.29 is 291 Å². The highest BCUT2D eigenvalue weighted by Gasteiger charge is 2.64. The fourth-order valence-corrected chi connectivity index (χ4v) is 19.1. The summed E-state index contributed by atoms with van der Waals surface area (Å²) in [5.41, 5.74) is 0. The lowest BCUT2D eigenvalue weighted by atomic mass is 9.93. The van der Waals surface area contributed by atoms with Crippen LogP contribution in [0.5, 0.6) is 0 Å². The van der Waals surface area contributed by atoms with Crippen LogP contribution in [-0.2, 0) is 133 Å². The van der Waals surface area contributed by atoms with Crippen LogP contribution < -0.4 is 26.6 Å². The molecule has 12 heterocycles. The van der Waals surface area contributed by atoms with E-state index in [1.165, 1.54) is 13.8 Å². The summed E-state index contributed by atoms with van der Waals surface area (Å²) < 4.78 is 139. The van der Waals surface area contributed by atoms with E-state index in [0.29, 0.717) is 0 Å². The van der Waals surface area contributed by atoms with Gasteiger partial charge in [-0.15, -0.1) is 0 Å². The smallest absolute Gasteiger partial charge is 0.217 e. The first kappa shape index (κ1) is 120. The predicted octanol–water partition coefficient (Wildman–Crippen LogP) is -24.4. The summed E-state index contributed by atoms with van der Waals surface area (Å²) in [5, 5.41) is 364. The van der Waals surface area contributed by atoms with Gasteiger partial charge in [0.2, 0.25) is 29.5 Å². The van der Waals surface area contributed by atoms with Crippen molar-refractivity contribution in [1.29, 1.82) is 0 Å². The number of rotatable bonds is 37. The average Bonchev–Trinajstić information content (AvgIpc) is 0.778. The van der Waals surface area contributed by atoms with Crippen LogP contribution >= 0.6 is 0 Å². The van der Waals surface area contributed by atoms with E-state index in [0.717, 1.165) is 34.6 Å². The van der Waals surface area contributed by atoms with E-state index in [1.54, 1.807) is 0 Å². The van der Waals surface area contributed by atoms with Crippen molar-refractivity contribution in [3.8, 4) is 0 Å². The molecule has 0 aromatic heterocycles. The first-order valence-corrected chi connectivity index (χ1v) is 46.9. The molecule has 36 N–H and O–H groups in total. The zero-order valence-electron chi connectivity index (χ0n) is 79.0. The Morgan fingerprint density at radius 1 is 0.192 bits per heavy atom. The molecule has 12 aliphatic rings. The molecule has 0 bridgehead atoms. The maximum atomic E-state index is 13.6. The highest BCUT2D eigenvalue weighted by Crippen LogP contribution is 2.43. The predicted molar refractivity (Wildman–Crippen MR) is 450 cm³/mol. The van der Waals surface area contributed by atoms with Gasteiger partial charge in [-0.1, -0.05) is 0 Å². The van der Waals surface area contributed by atoms with Gasteiger partial charge in [0, 0.05) is 34.6 Å². The topological polar surface area (TPSA) is 985 Å². The van der Waals surface area contributed by atoms with E-state index in [9.17, 15) is 182 Å². The second-order valence-corrected chi connectivity index (χ2v) is 37.3. The highest BCUT2D eigenvalue weighted by molar-refractivity contribution is 5.75. The minimum Gasteiger partial charge on any atom is -0.394 e. The van der Waals surface area contributed by atoms with Crippen LogP contribution in [0.3, 0.4) is 0 Å². The Hall–Kier alpha value is -4.81. The van der Waals surface area contributed by atoms with Crippen molar-refractivity contribution in [2.24, 2.45) is 0 Å². The van der Waals surface area contributed by atoms with E-state index in [-0.39, 0.29) is 0 Å². The Morgan fingerprint density at radius 2 is 0.438 bits per heavy atom. The molecule has 64 heteroatoms. The maximum absolute atomic E-state index is 13.6. The van der Waals surface area contributed by atoms with E-state index >= 15 is 0 Å². The molecule has 12 aliphatic heterocycles. The third kappa shape index (κ3) is 26.4. The van der Waals surface area contributed by atoms with Crippen LogP contribution in [0.2, 0.25) is 0 Å². The molecule has 0 aromatic rings. The number of hydrogen-bond acceptors (Lipinski definition) is 59. The Balaban J connectivity index is 0.882. The SMILES string of the molecule is CC(=O)N[C@@H]1[C@H](O[C@@H]2[C@@H](O[C@@H]3[C@H](O)[C@H](O[C@H]4[C@H](O)[C@@H](NC(C)=O)[C@H](O[C@H]5[C@H](O)[C@@H](NC(C)=O)[C@H](O)O[C@@H]5CO[C@H]5O[C@H](C)[C@H](O)[C@H](O)[C@H]5O)O[C@@H]4CO)O[C@H](CO[C@H]4O[C@H](CO)[C@@H](O)[C@H](O)[C@@H]4O[C@@H]4O[C@H](CO)[C@@H](O[C@@H]5O[C@H](CO)[C@H](O)[C@H](O)[C@H]5O)[C@H](O)[C@H]4NC(C)=O)[C@H]3O)O[C@H](CO)[C@@H](O)[C@@H]2O)O[C@H](CO)[C@@H](O[C@@H]2O[C@H](CO)[C@H](O)[C@H](O[C@H]3O[C@H](CO)[C@H](O)[C@H](O)[C@H]3NC(C)=O)[C@H]2O[C@H]2O[C@H](C)[C@H](O)[C@H](O)[C@H]2O)[C@@H]1O. The number of carbonyl (C=O) groups excluding carboxylic acids is 5. The van der Waals surface area contributed by atoms with Gasteiger partial charge in [-0.05, 0) is 13.8 Å². The Morgan fingerprint density at radius 3 is 0.863 bits per heavy atom. The second kappa shape index (κ2) is 52.2. The lowest BCUT2D eigenvalue weighted by Crippen LogP contribution is -2.71. The molecule has 12 saturated heterocycles. The number of amides is 5. The van der Waals surface area contributed by atoms with Gasteiger partial charge < -0.3 is 294 Å². The minimum absolute atomic E-state index is 0.859. The van der Waals surface area contributed by atoms with Gasteiger partial charge in [0.15, 0.2) is 75.5 Å². The zero-order valence-corrected chi connectivity index (χ0v) is 79.0. The lowest BCUT2D eigenvalue weighted by Gasteiger charge is -2.52. The Bertz CT molecular complexity index is 4090. The van der Waals surface area contributed by atoms with Crippen molar-refractivity contribution in [3.05, 3.63) is 0 Å². The quantitative estimate of drug-likeness (QED) is 0.0275. The summed E-state index contributed by atoms with van der Waals surface area (Å²) in [5.74, 6) is -4.86. The van der Waals surface area contributed by atoms with Crippen molar-refractivity contribution in [3.63, 3.8) is 0 Å². The molecule has 0 spiro atoms. The summed E-state index contributed by atoms with van der Waals surface area (Å²) in [7, 11) is 0. The first-order chi connectivity index (χ1) is 69.0. The molecule has 844 valence electrons. The summed E-state index contributed by atoms with van der Waals surface area (Å²) >= 11 is 0. The monoisotopic (exact) mass is 2140 g/mol. The van der Waals surface area contributed by atoms with Crippen LogP contribution in [0.4, 0.5) is 0 Å². The fourth-order valence-electron chi connectivity index (χ4n) is 19.1. The molecule has 64 nitrogen and oxygen atoms in total. The molecule has 146 heavy (non-hydrogen) atoms. The number of hydrogen-bond donors (Lipinski definition) is 36. The van der Waals surface area contributed by atoms with Crippen molar-refractivity contribution in [2.75, 3.05) is 66.1 Å². The van der Waals surface area contributed by atoms with E-state index < -0.39 is 464 Å². The van der Waals surface area contributed by atoms with Gasteiger partial charge in [0.1, 0.15) is 280 Å². The third-order valence-electron chi connectivity index (χ3n) is 27.0. The van der Waals surface area contributed by atoms with Crippen molar-refractivity contribution >= 4 is 29.5 Å². The molecule has 0 radical (unpaired) electrons. The number of nitrogens with one attached hydrogen (secondary N) is 5. The van der Waals surface area contributed by atoms with E-state index in [4.69, 9.17) is 109 Å². The molecule has 12 fully saturated rings. The normalized spacial score (nSPS) is 49.8. The number of aliphatic hydroxyl groups excluding tert-OH is 31. The first-order valence-electron chi connectivity index (χ1n) is 46.9. The molecule has 0 aliphatic carbocycles. The van der Waals surface area contributed by atoms with Crippen molar-refractivity contribution in [2.45, 2.75) is 417 Å². The van der Waals surface area contributed by atoms with Gasteiger partial charge in [-0.3, -0.25) is 24.0 Å². The van der Waals surface area contributed by atoms with Gasteiger partial charge in [0.05, 0.1) is 78.3 Å². The molecule has 0 aromatic carbocycles. The minimum atomic E-state index is -2.72. The number of ether oxygens (including phenoxy) is 23.